The lowest BCUT2D eigenvalue weighted by Crippen LogP contribution is -2.30. The summed E-state index contributed by atoms with van der Waals surface area (Å²) in [6, 6.07) is 11.2. The fourth-order valence-corrected chi connectivity index (χ4v) is 5.17. The minimum atomic E-state index is -4.80. The largest absolute Gasteiger partial charge is 0.573 e. The maximum absolute atomic E-state index is 13.1. The number of H-pyrrole nitrogens is 1. The van der Waals surface area contributed by atoms with E-state index in [1.165, 1.54) is 18.2 Å². The molecule has 0 unspecified atom stereocenters. The topological polar surface area (TPSA) is 106 Å². The van der Waals surface area contributed by atoms with Crippen molar-refractivity contribution in [2.24, 2.45) is 5.92 Å². The van der Waals surface area contributed by atoms with Crippen molar-refractivity contribution in [3.05, 3.63) is 70.1 Å². The number of nitrogens with one attached hydrogen (secondary N) is 1. The lowest BCUT2D eigenvalue weighted by Gasteiger charge is -2.18. The molecular weight excluding hydrogens is 499 g/mol. The second-order valence-electron chi connectivity index (χ2n) is 9.81. The number of anilines is 2. The third-order valence-corrected chi connectivity index (χ3v) is 7.05. The summed E-state index contributed by atoms with van der Waals surface area (Å²) in [5.41, 5.74) is 10.2. The number of alkyl halides is 3. The molecule has 1 aliphatic carbocycles. The molecule has 1 aliphatic heterocycles. The molecule has 38 heavy (non-hydrogen) atoms. The van der Waals surface area contributed by atoms with Crippen LogP contribution in [0.1, 0.15) is 24.0 Å². The number of rotatable bonds is 6. The standard InChI is InChI=1S/C27H24F3N5O3/c28-27(29,30)38-19-3-1-2-16(10-19)11-22(36)35-9-8-18-12-17(6-7-21(18)35)20-14-34(13-15-4-5-15)24-23(20)25(31)32-33-26(24)37/h1-3,6-7,10,12,14-15H,4-5,8-9,11,13H2,(H2,31,32)(H,33,37). The van der Waals surface area contributed by atoms with Crippen molar-refractivity contribution in [3.63, 3.8) is 0 Å². The van der Waals surface area contributed by atoms with Crippen molar-refractivity contribution in [2.45, 2.75) is 38.6 Å². The molecule has 1 saturated carbocycles. The van der Waals surface area contributed by atoms with Gasteiger partial charge in [0, 0.05) is 30.5 Å². The Balaban J connectivity index is 1.28. The first kappa shape index (κ1) is 24.1. The summed E-state index contributed by atoms with van der Waals surface area (Å²) in [4.78, 5) is 27.4. The minimum Gasteiger partial charge on any atom is -0.406 e. The second kappa shape index (κ2) is 8.93. The first-order chi connectivity index (χ1) is 18.2. The Hall–Kier alpha value is -4.28. The summed E-state index contributed by atoms with van der Waals surface area (Å²) in [5, 5.41) is 7.07. The summed E-state index contributed by atoms with van der Waals surface area (Å²) in [6.07, 6.45) is -0.0126. The highest BCUT2D eigenvalue weighted by molar-refractivity contribution is 6.03. The molecule has 1 fully saturated rings. The van der Waals surface area contributed by atoms with Crippen molar-refractivity contribution >= 4 is 28.3 Å². The predicted octanol–water partition coefficient (Wildman–Crippen LogP) is 4.41. The molecule has 6 rings (SSSR count). The zero-order chi connectivity index (χ0) is 26.6. The quantitative estimate of drug-likeness (QED) is 0.389. The van der Waals surface area contributed by atoms with E-state index in [1.807, 2.05) is 29.0 Å². The maximum Gasteiger partial charge on any atom is 0.573 e. The van der Waals surface area contributed by atoms with Crippen LogP contribution >= 0.6 is 0 Å². The van der Waals surface area contributed by atoms with Crippen LogP contribution in [0.25, 0.3) is 22.0 Å². The van der Waals surface area contributed by atoms with Crippen molar-refractivity contribution in [3.8, 4) is 16.9 Å². The Morgan fingerprint density at radius 3 is 2.76 bits per heavy atom. The van der Waals surface area contributed by atoms with Gasteiger partial charge < -0.3 is 19.9 Å². The highest BCUT2D eigenvalue weighted by Crippen LogP contribution is 2.39. The first-order valence-electron chi connectivity index (χ1n) is 12.3. The summed E-state index contributed by atoms with van der Waals surface area (Å²) in [6.45, 7) is 1.20. The van der Waals surface area contributed by atoms with Gasteiger partial charge in [-0.3, -0.25) is 9.59 Å². The molecule has 2 aromatic heterocycles. The highest BCUT2D eigenvalue weighted by atomic mass is 19.4. The maximum atomic E-state index is 13.1. The number of carbonyl (C=O) groups excluding carboxylic acids is 1. The lowest BCUT2D eigenvalue weighted by atomic mass is 10.0. The van der Waals surface area contributed by atoms with Crippen LogP contribution in [-0.4, -0.2) is 33.6 Å². The number of benzene rings is 2. The van der Waals surface area contributed by atoms with Crippen LogP contribution in [0.5, 0.6) is 5.75 Å². The van der Waals surface area contributed by atoms with Crippen molar-refractivity contribution in [1.29, 1.82) is 0 Å². The molecule has 196 valence electrons. The van der Waals surface area contributed by atoms with Gasteiger partial charge in [-0.1, -0.05) is 18.2 Å². The van der Waals surface area contributed by atoms with Crippen molar-refractivity contribution < 1.29 is 22.7 Å². The third-order valence-electron chi connectivity index (χ3n) is 7.05. The molecule has 0 saturated heterocycles. The molecule has 3 N–H and O–H groups in total. The molecule has 2 aliphatic rings. The van der Waals surface area contributed by atoms with E-state index in [-0.39, 0.29) is 29.5 Å². The van der Waals surface area contributed by atoms with Gasteiger partial charge >= 0.3 is 6.36 Å². The molecule has 11 heteroatoms. The Morgan fingerprint density at radius 2 is 2.00 bits per heavy atom. The van der Waals surface area contributed by atoms with Crippen molar-refractivity contribution in [1.82, 2.24) is 14.8 Å². The minimum absolute atomic E-state index is 0.0596. The molecular formula is C27H24F3N5O3. The molecule has 0 atom stereocenters. The molecule has 3 heterocycles. The van der Waals surface area contributed by atoms with Gasteiger partial charge in [-0.15, -0.1) is 13.2 Å². The van der Waals surface area contributed by atoms with E-state index < -0.39 is 6.36 Å². The molecule has 0 radical (unpaired) electrons. The fourth-order valence-electron chi connectivity index (χ4n) is 5.17. The smallest absolute Gasteiger partial charge is 0.406 e. The Morgan fingerprint density at radius 1 is 1.18 bits per heavy atom. The van der Waals surface area contributed by atoms with Gasteiger partial charge in [-0.05, 0) is 66.1 Å². The number of amides is 1. The van der Waals surface area contributed by atoms with Gasteiger partial charge in [0.25, 0.3) is 5.56 Å². The molecule has 4 aromatic rings. The Bertz CT molecular complexity index is 1620. The van der Waals surface area contributed by atoms with E-state index >= 15 is 0 Å². The molecule has 0 spiro atoms. The Kier molecular flexibility index (Phi) is 5.66. The summed E-state index contributed by atoms with van der Waals surface area (Å²) in [7, 11) is 0. The van der Waals surface area contributed by atoms with Crippen LogP contribution in [0.15, 0.2) is 53.5 Å². The first-order valence-corrected chi connectivity index (χ1v) is 12.3. The SMILES string of the molecule is Nc1n[nH]c(=O)c2c1c(-c1ccc3c(c1)CCN3C(=O)Cc1cccc(OC(F)(F)F)c1)cn2CC1CC1. The van der Waals surface area contributed by atoms with Crippen LogP contribution in [-0.2, 0) is 24.2 Å². The van der Waals surface area contributed by atoms with E-state index in [0.717, 1.165) is 41.8 Å². The number of aromatic nitrogens is 3. The monoisotopic (exact) mass is 523 g/mol. The molecule has 2 aromatic carbocycles. The zero-order valence-corrected chi connectivity index (χ0v) is 20.2. The number of halogens is 3. The van der Waals surface area contributed by atoms with Gasteiger partial charge in [0.15, 0.2) is 5.82 Å². The fraction of sp³-hybridized carbons (Fsp3) is 0.296. The van der Waals surface area contributed by atoms with Gasteiger partial charge in [-0.25, -0.2) is 5.10 Å². The average molecular weight is 524 g/mol. The molecule has 0 bridgehead atoms. The van der Waals surface area contributed by atoms with E-state index in [4.69, 9.17) is 5.73 Å². The Labute approximate surface area is 214 Å². The zero-order valence-electron chi connectivity index (χ0n) is 20.2. The van der Waals surface area contributed by atoms with Crippen LogP contribution in [0, 0.1) is 5.92 Å². The van der Waals surface area contributed by atoms with Gasteiger partial charge in [0.1, 0.15) is 11.3 Å². The van der Waals surface area contributed by atoms with Gasteiger partial charge in [-0.2, -0.15) is 5.10 Å². The normalized spacial score (nSPS) is 15.2. The number of carbonyl (C=O) groups is 1. The summed E-state index contributed by atoms with van der Waals surface area (Å²) < 4.78 is 43.6. The van der Waals surface area contributed by atoms with Crippen LogP contribution in [0.2, 0.25) is 0 Å². The van der Waals surface area contributed by atoms with Crippen molar-refractivity contribution in [2.75, 3.05) is 17.2 Å². The summed E-state index contributed by atoms with van der Waals surface area (Å²) in [5.74, 6) is 0.218. The second-order valence-corrected chi connectivity index (χ2v) is 9.81. The summed E-state index contributed by atoms with van der Waals surface area (Å²) >= 11 is 0. The number of ether oxygens (including phenoxy) is 1. The number of hydrogen-bond acceptors (Lipinski definition) is 5. The van der Waals surface area contributed by atoms with E-state index in [9.17, 15) is 22.8 Å². The third kappa shape index (κ3) is 4.59. The van der Waals surface area contributed by atoms with Crippen LogP contribution in [0.4, 0.5) is 24.7 Å². The van der Waals surface area contributed by atoms with Crippen LogP contribution in [0.3, 0.4) is 0 Å². The van der Waals surface area contributed by atoms with E-state index in [0.29, 0.717) is 35.3 Å². The number of fused-ring (bicyclic) bond motifs is 2. The van der Waals surface area contributed by atoms with E-state index in [2.05, 4.69) is 14.9 Å². The number of aromatic amines is 1. The lowest BCUT2D eigenvalue weighted by molar-refractivity contribution is -0.274. The molecule has 8 nitrogen and oxygen atoms in total. The number of hydrogen-bond donors (Lipinski definition) is 2. The van der Waals surface area contributed by atoms with Crippen LogP contribution < -0.4 is 20.9 Å². The number of nitrogens with two attached hydrogens (primary N) is 1. The van der Waals surface area contributed by atoms with E-state index in [1.54, 1.807) is 11.0 Å². The number of nitrogens with zero attached hydrogens (tertiary/aromatic N) is 3. The predicted molar refractivity (Wildman–Crippen MR) is 136 cm³/mol. The number of nitrogen functional groups attached to an aromatic ring is 1. The highest BCUT2D eigenvalue weighted by Gasteiger charge is 2.31. The van der Waals surface area contributed by atoms with Gasteiger partial charge in [0.2, 0.25) is 5.91 Å². The average Bonchev–Trinajstić information content (AvgIpc) is 3.43. The van der Waals surface area contributed by atoms with Gasteiger partial charge in [0.05, 0.1) is 11.8 Å². The molecule has 1 amide bonds.